The highest BCUT2D eigenvalue weighted by Crippen LogP contribution is 2.23. The molecule has 0 radical (unpaired) electrons. The number of hydrogen-bond donors (Lipinski definition) is 1. The highest BCUT2D eigenvalue weighted by molar-refractivity contribution is 7.90. The third-order valence-corrected chi connectivity index (χ3v) is 5.39. The molecule has 0 aliphatic heterocycles. The van der Waals surface area contributed by atoms with Crippen LogP contribution in [0.25, 0.3) is 0 Å². The maximum Gasteiger partial charge on any atom is 0.239 e. The fourth-order valence-electron chi connectivity index (χ4n) is 2.67. The average Bonchev–Trinajstić information content (AvgIpc) is 2.93. The van der Waals surface area contributed by atoms with Crippen molar-refractivity contribution in [1.82, 2.24) is 9.62 Å². The molecule has 1 fully saturated rings. The number of furan rings is 1. The number of nitrogens with one attached hydrogen (secondary N) is 1. The SMILES string of the molecule is CC1CCC(NS(=O)(=O)CC(=O)N(C)Cc2ccco2)CC1. The van der Waals surface area contributed by atoms with Crippen LogP contribution in [0.4, 0.5) is 0 Å². The molecule has 0 atom stereocenters. The minimum absolute atomic E-state index is 0.0376. The van der Waals surface area contributed by atoms with Crippen molar-refractivity contribution in [1.29, 1.82) is 0 Å². The van der Waals surface area contributed by atoms with Gasteiger partial charge in [0, 0.05) is 13.1 Å². The largest absolute Gasteiger partial charge is 0.467 e. The normalized spacial score (nSPS) is 22.5. The van der Waals surface area contributed by atoms with E-state index < -0.39 is 21.7 Å². The average molecular weight is 328 g/mol. The minimum atomic E-state index is -3.59. The molecule has 1 aromatic heterocycles. The second-order valence-corrected chi connectivity index (χ2v) is 7.92. The molecule has 124 valence electrons. The number of amides is 1. The van der Waals surface area contributed by atoms with Gasteiger partial charge >= 0.3 is 0 Å². The topological polar surface area (TPSA) is 79.6 Å². The lowest BCUT2D eigenvalue weighted by atomic mass is 9.88. The monoisotopic (exact) mass is 328 g/mol. The van der Waals surface area contributed by atoms with E-state index in [1.54, 1.807) is 19.2 Å². The van der Waals surface area contributed by atoms with E-state index in [9.17, 15) is 13.2 Å². The Hall–Kier alpha value is -1.34. The fraction of sp³-hybridized carbons (Fsp3) is 0.667. The van der Waals surface area contributed by atoms with E-state index in [0.717, 1.165) is 25.7 Å². The molecule has 0 aromatic carbocycles. The highest BCUT2D eigenvalue weighted by Gasteiger charge is 2.26. The maximum absolute atomic E-state index is 12.1. The van der Waals surface area contributed by atoms with Crippen LogP contribution in [-0.2, 0) is 21.4 Å². The number of nitrogens with zero attached hydrogens (tertiary/aromatic N) is 1. The molecule has 1 N–H and O–H groups in total. The number of hydrogen-bond acceptors (Lipinski definition) is 4. The summed E-state index contributed by atoms with van der Waals surface area (Å²) in [5.74, 6) is 0.327. The second kappa shape index (κ2) is 7.28. The van der Waals surface area contributed by atoms with Crippen molar-refractivity contribution in [3.05, 3.63) is 24.2 Å². The smallest absolute Gasteiger partial charge is 0.239 e. The Labute approximate surface area is 131 Å². The van der Waals surface area contributed by atoms with Crippen LogP contribution in [0, 0.1) is 5.92 Å². The molecular weight excluding hydrogens is 304 g/mol. The summed E-state index contributed by atoms with van der Waals surface area (Å²) < 4.78 is 32.0. The molecule has 1 aliphatic rings. The van der Waals surface area contributed by atoms with E-state index in [-0.39, 0.29) is 12.6 Å². The van der Waals surface area contributed by atoms with Gasteiger partial charge in [0.25, 0.3) is 0 Å². The molecular formula is C15H24N2O4S. The molecule has 7 heteroatoms. The van der Waals surface area contributed by atoms with Crippen molar-refractivity contribution in [2.75, 3.05) is 12.8 Å². The standard InChI is InChI=1S/C15H24N2O4S/c1-12-5-7-13(8-6-12)16-22(19,20)11-15(18)17(2)10-14-4-3-9-21-14/h3-4,9,12-13,16H,5-8,10-11H2,1-2H3. The quantitative estimate of drug-likeness (QED) is 0.862. The molecule has 0 spiro atoms. The molecule has 0 bridgehead atoms. The zero-order valence-electron chi connectivity index (χ0n) is 13.1. The third-order valence-electron chi connectivity index (χ3n) is 4.07. The first-order valence-electron chi connectivity index (χ1n) is 7.62. The lowest BCUT2D eigenvalue weighted by Crippen LogP contribution is -2.42. The lowest BCUT2D eigenvalue weighted by Gasteiger charge is -2.26. The van der Waals surface area contributed by atoms with E-state index in [1.165, 1.54) is 11.2 Å². The fourth-order valence-corrected chi connectivity index (χ4v) is 4.04. The highest BCUT2D eigenvalue weighted by atomic mass is 32.2. The van der Waals surface area contributed by atoms with Gasteiger partial charge in [-0.25, -0.2) is 13.1 Å². The predicted molar refractivity (Wildman–Crippen MR) is 83.5 cm³/mol. The Morgan fingerprint density at radius 2 is 2.05 bits per heavy atom. The summed E-state index contributed by atoms with van der Waals surface area (Å²) in [6.45, 7) is 2.44. The van der Waals surface area contributed by atoms with Gasteiger partial charge in [-0.15, -0.1) is 0 Å². The van der Waals surface area contributed by atoms with Crippen molar-refractivity contribution in [3.63, 3.8) is 0 Å². The first-order valence-corrected chi connectivity index (χ1v) is 9.27. The van der Waals surface area contributed by atoms with Crippen LogP contribution in [-0.4, -0.2) is 38.1 Å². The van der Waals surface area contributed by atoms with E-state index in [0.29, 0.717) is 11.7 Å². The van der Waals surface area contributed by atoms with Crippen LogP contribution in [0.1, 0.15) is 38.4 Å². The summed E-state index contributed by atoms with van der Waals surface area (Å²) in [5.41, 5.74) is 0. The van der Waals surface area contributed by atoms with Crippen molar-refractivity contribution < 1.29 is 17.6 Å². The molecule has 1 aliphatic carbocycles. The summed E-state index contributed by atoms with van der Waals surface area (Å²) >= 11 is 0. The number of carbonyl (C=O) groups is 1. The van der Waals surface area contributed by atoms with Gasteiger partial charge in [-0.2, -0.15) is 0 Å². The number of sulfonamides is 1. The van der Waals surface area contributed by atoms with Gasteiger partial charge in [0.2, 0.25) is 15.9 Å². The van der Waals surface area contributed by atoms with Crippen molar-refractivity contribution in [2.45, 2.75) is 45.2 Å². The Kier molecular flexibility index (Phi) is 5.63. The first kappa shape index (κ1) is 17.0. The summed E-state index contributed by atoms with van der Waals surface area (Å²) in [5, 5.41) is 0. The molecule has 1 heterocycles. The Morgan fingerprint density at radius 1 is 1.36 bits per heavy atom. The van der Waals surface area contributed by atoms with Crippen LogP contribution in [0.2, 0.25) is 0 Å². The molecule has 1 aromatic rings. The van der Waals surface area contributed by atoms with Crippen LogP contribution in [0.3, 0.4) is 0 Å². The van der Waals surface area contributed by atoms with E-state index in [1.807, 2.05) is 0 Å². The van der Waals surface area contributed by atoms with Gasteiger partial charge in [0.1, 0.15) is 11.5 Å². The Balaban J connectivity index is 1.83. The van der Waals surface area contributed by atoms with Crippen molar-refractivity contribution in [2.24, 2.45) is 5.92 Å². The van der Waals surface area contributed by atoms with Crippen LogP contribution in [0.15, 0.2) is 22.8 Å². The summed E-state index contributed by atoms with van der Waals surface area (Å²) in [6.07, 6.45) is 5.27. The van der Waals surface area contributed by atoms with Gasteiger partial charge in [-0.3, -0.25) is 4.79 Å². The van der Waals surface area contributed by atoms with Crippen molar-refractivity contribution >= 4 is 15.9 Å². The molecule has 0 unspecified atom stereocenters. The Bertz CT molecular complexity index is 575. The molecule has 1 amide bonds. The maximum atomic E-state index is 12.1. The van der Waals surface area contributed by atoms with Crippen LogP contribution >= 0.6 is 0 Å². The van der Waals surface area contributed by atoms with Gasteiger partial charge < -0.3 is 9.32 Å². The van der Waals surface area contributed by atoms with Gasteiger partial charge in [0.15, 0.2) is 0 Å². The van der Waals surface area contributed by atoms with E-state index in [4.69, 9.17) is 4.42 Å². The second-order valence-electron chi connectivity index (χ2n) is 6.16. The summed E-state index contributed by atoms with van der Waals surface area (Å²) in [7, 11) is -2.02. The zero-order chi connectivity index (χ0) is 16.2. The van der Waals surface area contributed by atoms with Crippen molar-refractivity contribution in [3.8, 4) is 0 Å². The molecule has 1 saturated carbocycles. The molecule has 6 nitrogen and oxygen atoms in total. The van der Waals surface area contributed by atoms with Crippen LogP contribution < -0.4 is 4.72 Å². The Morgan fingerprint density at radius 3 is 2.64 bits per heavy atom. The minimum Gasteiger partial charge on any atom is -0.467 e. The molecule has 22 heavy (non-hydrogen) atoms. The lowest BCUT2D eigenvalue weighted by molar-refractivity contribution is -0.127. The number of carbonyl (C=O) groups excluding carboxylic acids is 1. The van der Waals surface area contributed by atoms with Crippen LogP contribution in [0.5, 0.6) is 0 Å². The number of rotatable bonds is 6. The van der Waals surface area contributed by atoms with Gasteiger partial charge in [0.05, 0.1) is 12.8 Å². The van der Waals surface area contributed by atoms with Gasteiger partial charge in [-0.05, 0) is 43.7 Å². The zero-order valence-corrected chi connectivity index (χ0v) is 13.9. The first-order chi connectivity index (χ1) is 10.4. The summed E-state index contributed by atoms with van der Waals surface area (Å²) in [4.78, 5) is 13.4. The third kappa shape index (κ3) is 5.14. The predicted octanol–water partition coefficient (Wildman–Crippen LogP) is 1.74. The molecule has 0 saturated heterocycles. The summed E-state index contributed by atoms with van der Waals surface area (Å²) in [6, 6.07) is 3.44. The van der Waals surface area contributed by atoms with Gasteiger partial charge in [-0.1, -0.05) is 6.92 Å². The molecule has 2 rings (SSSR count). The van der Waals surface area contributed by atoms with E-state index in [2.05, 4.69) is 11.6 Å². The van der Waals surface area contributed by atoms with E-state index >= 15 is 0 Å².